The summed E-state index contributed by atoms with van der Waals surface area (Å²) in [6.07, 6.45) is 0.244. The number of carbonyl (C=O) groups is 1. The molecule has 1 N–H and O–H groups in total. The lowest BCUT2D eigenvalue weighted by Gasteiger charge is -2.15. The van der Waals surface area contributed by atoms with Gasteiger partial charge in [-0.1, -0.05) is 12.1 Å². The molecule has 0 spiro atoms. The Morgan fingerprint density at radius 3 is 2.56 bits per heavy atom. The van der Waals surface area contributed by atoms with E-state index in [1.54, 1.807) is 32.4 Å². The van der Waals surface area contributed by atoms with Crippen molar-refractivity contribution in [1.82, 2.24) is 0 Å². The second-order valence-electron chi connectivity index (χ2n) is 5.87. The van der Waals surface area contributed by atoms with Gasteiger partial charge in [-0.3, -0.25) is 4.79 Å². The van der Waals surface area contributed by atoms with Gasteiger partial charge in [-0.25, -0.2) is 0 Å². The molecule has 1 unspecified atom stereocenters. The summed E-state index contributed by atoms with van der Waals surface area (Å²) in [6, 6.07) is 13.2. The third-order valence-electron chi connectivity index (χ3n) is 4.03. The summed E-state index contributed by atoms with van der Waals surface area (Å²) >= 11 is 0. The molecule has 0 saturated carbocycles. The van der Waals surface area contributed by atoms with Crippen LogP contribution in [0, 0.1) is 31.1 Å². The van der Waals surface area contributed by atoms with Crippen molar-refractivity contribution in [3.8, 4) is 17.6 Å². The number of carbonyl (C=O) groups excluding carboxylic acids is 1. The summed E-state index contributed by atoms with van der Waals surface area (Å²) < 4.78 is 10.5. The Kier molecular flexibility index (Phi) is 6.02. The van der Waals surface area contributed by atoms with Crippen molar-refractivity contribution in [2.24, 2.45) is 5.92 Å². The number of aryl methyl sites for hydroxylation is 2. The Balaban J connectivity index is 2.21. The Labute approximate surface area is 148 Å². The molecule has 5 heteroatoms. The van der Waals surface area contributed by atoms with Crippen molar-refractivity contribution >= 4 is 11.6 Å². The summed E-state index contributed by atoms with van der Waals surface area (Å²) in [6.45, 7) is 3.87. The minimum atomic E-state index is -0.832. The second kappa shape index (κ2) is 8.20. The first kappa shape index (κ1) is 18.3. The number of hydrogen-bond acceptors (Lipinski definition) is 4. The largest absolute Gasteiger partial charge is 0.497 e. The fraction of sp³-hybridized carbons (Fsp3) is 0.300. The van der Waals surface area contributed by atoms with E-state index in [2.05, 4.69) is 11.4 Å². The maximum Gasteiger partial charge on any atom is 0.242 e. The first-order chi connectivity index (χ1) is 12.0. The van der Waals surface area contributed by atoms with Crippen LogP contribution in [0.1, 0.15) is 16.7 Å². The van der Waals surface area contributed by atoms with E-state index in [-0.39, 0.29) is 12.3 Å². The molecular formula is C20H22N2O3. The van der Waals surface area contributed by atoms with Crippen molar-refractivity contribution in [1.29, 1.82) is 5.26 Å². The standard InChI is InChI=1S/C20H22N2O3/c1-13-5-6-14(2)18(9-13)22-20(23)16(12-21)10-15-11-17(24-3)7-8-19(15)25-4/h5-9,11,16H,10H2,1-4H3,(H,22,23). The zero-order chi connectivity index (χ0) is 18.4. The average Bonchev–Trinajstić information content (AvgIpc) is 2.62. The number of methoxy groups -OCH3 is 2. The molecule has 0 heterocycles. The lowest BCUT2D eigenvalue weighted by molar-refractivity contribution is -0.118. The average molecular weight is 338 g/mol. The van der Waals surface area contributed by atoms with Crippen LogP contribution >= 0.6 is 0 Å². The first-order valence-corrected chi connectivity index (χ1v) is 7.97. The van der Waals surface area contributed by atoms with Crippen LogP contribution in [0.15, 0.2) is 36.4 Å². The Bertz CT molecular complexity index is 809. The van der Waals surface area contributed by atoms with Crippen molar-refractivity contribution in [2.75, 3.05) is 19.5 Å². The molecule has 0 aliphatic carbocycles. The number of amides is 1. The molecule has 0 aromatic heterocycles. The number of rotatable bonds is 6. The smallest absolute Gasteiger partial charge is 0.242 e. The van der Waals surface area contributed by atoms with Gasteiger partial charge in [-0.05, 0) is 54.8 Å². The quantitative estimate of drug-likeness (QED) is 0.873. The van der Waals surface area contributed by atoms with Crippen LogP contribution in [0.3, 0.4) is 0 Å². The van der Waals surface area contributed by atoms with Crippen LogP contribution in [-0.2, 0) is 11.2 Å². The molecule has 0 radical (unpaired) electrons. The molecule has 1 atom stereocenters. The fourth-order valence-corrected chi connectivity index (χ4v) is 2.55. The molecule has 0 fully saturated rings. The predicted molar refractivity (Wildman–Crippen MR) is 96.9 cm³/mol. The molecular weight excluding hydrogens is 316 g/mol. The van der Waals surface area contributed by atoms with Gasteiger partial charge >= 0.3 is 0 Å². The van der Waals surface area contributed by atoms with E-state index in [1.807, 2.05) is 32.0 Å². The highest BCUT2D eigenvalue weighted by atomic mass is 16.5. The fourth-order valence-electron chi connectivity index (χ4n) is 2.55. The number of anilines is 1. The molecule has 25 heavy (non-hydrogen) atoms. The molecule has 2 aromatic rings. The Hall–Kier alpha value is -3.00. The van der Waals surface area contributed by atoms with Gasteiger partial charge in [0.25, 0.3) is 0 Å². The zero-order valence-corrected chi connectivity index (χ0v) is 14.9. The van der Waals surface area contributed by atoms with E-state index in [1.165, 1.54) is 0 Å². The zero-order valence-electron chi connectivity index (χ0n) is 14.9. The third-order valence-corrected chi connectivity index (χ3v) is 4.03. The molecule has 2 aromatic carbocycles. The van der Waals surface area contributed by atoms with E-state index >= 15 is 0 Å². The molecule has 130 valence electrons. The highest BCUT2D eigenvalue weighted by Crippen LogP contribution is 2.27. The second-order valence-corrected chi connectivity index (χ2v) is 5.87. The summed E-state index contributed by atoms with van der Waals surface area (Å²) in [5, 5.41) is 12.3. The van der Waals surface area contributed by atoms with E-state index < -0.39 is 5.92 Å². The number of nitrogens with zero attached hydrogens (tertiary/aromatic N) is 1. The van der Waals surface area contributed by atoms with Gasteiger partial charge in [-0.2, -0.15) is 5.26 Å². The maximum atomic E-state index is 12.6. The van der Waals surface area contributed by atoms with Crippen LogP contribution in [0.4, 0.5) is 5.69 Å². The van der Waals surface area contributed by atoms with Crippen molar-refractivity contribution in [3.63, 3.8) is 0 Å². The molecule has 0 bridgehead atoms. The molecule has 0 aliphatic rings. The van der Waals surface area contributed by atoms with Crippen LogP contribution in [0.2, 0.25) is 0 Å². The summed E-state index contributed by atoms with van der Waals surface area (Å²) in [5.41, 5.74) is 3.48. The van der Waals surface area contributed by atoms with Crippen LogP contribution in [-0.4, -0.2) is 20.1 Å². The van der Waals surface area contributed by atoms with Gasteiger partial charge in [0, 0.05) is 12.1 Å². The maximum absolute atomic E-state index is 12.6. The van der Waals surface area contributed by atoms with Gasteiger partial charge in [0.15, 0.2) is 0 Å². The van der Waals surface area contributed by atoms with Gasteiger partial charge in [0.2, 0.25) is 5.91 Å². The van der Waals surface area contributed by atoms with Crippen LogP contribution < -0.4 is 14.8 Å². The van der Waals surface area contributed by atoms with Crippen LogP contribution in [0.5, 0.6) is 11.5 Å². The first-order valence-electron chi connectivity index (χ1n) is 7.97. The minimum Gasteiger partial charge on any atom is -0.497 e. The number of nitriles is 1. The van der Waals surface area contributed by atoms with E-state index in [4.69, 9.17) is 9.47 Å². The lowest BCUT2D eigenvalue weighted by Crippen LogP contribution is -2.24. The number of ether oxygens (including phenoxy) is 2. The summed E-state index contributed by atoms with van der Waals surface area (Å²) in [4.78, 5) is 12.6. The van der Waals surface area contributed by atoms with Crippen molar-refractivity contribution in [2.45, 2.75) is 20.3 Å². The molecule has 1 amide bonds. The number of hydrogen-bond donors (Lipinski definition) is 1. The lowest BCUT2D eigenvalue weighted by atomic mass is 9.98. The van der Waals surface area contributed by atoms with E-state index in [0.717, 1.165) is 22.4 Å². The predicted octanol–water partition coefficient (Wildman–Crippen LogP) is 3.64. The summed E-state index contributed by atoms with van der Waals surface area (Å²) in [7, 11) is 3.13. The highest BCUT2D eigenvalue weighted by Gasteiger charge is 2.21. The van der Waals surface area contributed by atoms with Gasteiger partial charge < -0.3 is 14.8 Å². The molecule has 0 saturated heterocycles. The van der Waals surface area contributed by atoms with Crippen LogP contribution in [0.25, 0.3) is 0 Å². The highest BCUT2D eigenvalue weighted by molar-refractivity contribution is 5.95. The Morgan fingerprint density at radius 1 is 1.16 bits per heavy atom. The van der Waals surface area contributed by atoms with Gasteiger partial charge in [-0.15, -0.1) is 0 Å². The topological polar surface area (TPSA) is 71.3 Å². The minimum absolute atomic E-state index is 0.244. The monoisotopic (exact) mass is 338 g/mol. The van der Waals surface area contributed by atoms with Crippen molar-refractivity contribution in [3.05, 3.63) is 53.1 Å². The normalized spacial score (nSPS) is 11.3. The molecule has 0 aliphatic heterocycles. The Morgan fingerprint density at radius 2 is 1.92 bits per heavy atom. The van der Waals surface area contributed by atoms with Gasteiger partial charge in [0.05, 0.1) is 20.3 Å². The molecule has 5 nitrogen and oxygen atoms in total. The molecule has 2 rings (SSSR count). The SMILES string of the molecule is COc1ccc(OC)c(CC(C#N)C(=O)Nc2cc(C)ccc2C)c1. The van der Waals surface area contributed by atoms with Crippen molar-refractivity contribution < 1.29 is 14.3 Å². The third kappa shape index (κ3) is 4.51. The van der Waals surface area contributed by atoms with E-state index in [0.29, 0.717) is 11.5 Å². The van der Waals surface area contributed by atoms with Gasteiger partial charge in [0.1, 0.15) is 17.4 Å². The van der Waals surface area contributed by atoms with E-state index in [9.17, 15) is 10.1 Å². The number of benzene rings is 2. The number of nitrogens with one attached hydrogen (secondary N) is 1. The summed E-state index contributed by atoms with van der Waals surface area (Å²) in [5.74, 6) is 0.116.